The molecule has 3 rings (SSSR count). The van der Waals surface area contributed by atoms with Crippen LogP contribution in [0.5, 0.6) is 0 Å². The van der Waals surface area contributed by atoms with Crippen molar-refractivity contribution in [2.24, 2.45) is 5.92 Å². The quantitative estimate of drug-likeness (QED) is 0.853. The Morgan fingerprint density at radius 1 is 1.38 bits per heavy atom. The number of carbonyl (C=O) groups is 1. The number of nitrogens with zero attached hydrogens (tertiary/aromatic N) is 2. The maximum absolute atomic E-state index is 10.8. The highest BCUT2D eigenvalue weighted by Crippen LogP contribution is 2.26. The number of carboxylic acids is 1. The summed E-state index contributed by atoms with van der Waals surface area (Å²) in [5.41, 5.74) is 3.56. The molecular weight excluding hydrogens is 320 g/mol. The first-order valence-electron chi connectivity index (χ1n) is 8.56. The van der Waals surface area contributed by atoms with E-state index in [0.29, 0.717) is 5.92 Å². The molecule has 1 aromatic carbocycles. The molecule has 128 valence electrons. The van der Waals surface area contributed by atoms with Gasteiger partial charge in [-0.2, -0.15) is 0 Å². The first-order valence-corrected chi connectivity index (χ1v) is 9.44. The van der Waals surface area contributed by atoms with E-state index < -0.39 is 5.97 Å². The lowest BCUT2D eigenvalue weighted by molar-refractivity contribution is -0.137. The van der Waals surface area contributed by atoms with Gasteiger partial charge in [-0.3, -0.25) is 9.69 Å². The Kier molecular flexibility index (Phi) is 5.63. The topological polar surface area (TPSA) is 53.4 Å². The third-order valence-corrected chi connectivity index (χ3v) is 5.55. The summed E-state index contributed by atoms with van der Waals surface area (Å²) in [6, 6.07) is 8.49. The minimum Gasteiger partial charge on any atom is -0.481 e. The van der Waals surface area contributed by atoms with Crippen molar-refractivity contribution in [1.82, 2.24) is 9.88 Å². The van der Waals surface area contributed by atoms with E-state index in [4.69, 9.17) is 10.1 Å². The Hall–Kier alpha value is -1.72. The highest BCUT2D eigenvalue weighted by atomic mass is 32.1. The number of rotatable bonds is 6. The Balaban J connectivity index is 1.58. The second kappa shape index (κ2) is 7.90. The molecule has 0 amide bonds. The zero-order chi connectivity index (χ0) is 16.9. The van der Waals surface area contributed by atoms with Crippen LogP contribution < -0.4 is 0 Å². The Bertz CT molecular complexity index is 681. The molecule has 0 bridgehead atoms. The Labute approximate surface area is 147 Å². The normalized spacial score (nSPS) is 18.6. The number of likely N-dealkylation sites (tertiary alicyclic amines) is 1. The molecule has 1 aliphatic heterocycles. The molecule has 4 nitrogen and oxygen atoms in total. The SMILES string of the molecule is Cc1ccc(-c2nc(CN3CCCC(CCC(=O)O)C3)cs2)cc1. The van der Waals surface area contributed by atoms with Crippen LogP contribution in [-0.2, 0) is 11.3 Å². The fourth-order valence-electron chi connectivity index (χ4n) is 3.30. The van der Waals surface area contributed by atoms with Crippen molar-refractivity contribution in [3.8, 4) is 10.6 Å². The zero-order valence-corrected chi connectivity index (χ0v) is 14.9. The van der Waals surface area contributed by atoms with Gasteiger partial charge in [-0.05, 0) is 38.6 Å². The molecule has 2 aromatic rings. The molecule has 1 fully saturated rings. The Morgan fingerprint density at radius 3 is 2.92 bits per heavy atom. The van der Waals surface area contributed by atoms with Crippen molar-refractivity contribution in [3.63, 3.8) is 0 Å². The predicted molar refractivity (Wildman–Crippen MR) is 97.2 cm³/mol. The fraction of sp³-hybridized carbons (Fsp3) is 0.474. The number of aryl methyl sites for hydroxylation is 1. The number of piperidine rings is 1. The minimum atomic E-state index is -0.686. The largest absolute Gasteiger partial charge is 0.481 e. The summed E-state index contributed by atoms with van der Waals surface area (Å²) < 4.78 is 0. The molecule has 5 heteroatoms. The molecule has 2 heterocycles. The van der Waals surface area contributed by atoms with Gasteiger partial charge in [0.05, 0.1) is 5.69 Å². The molecule has 1 N–H and O–H groups in total. The Morgan fingerprint density at radius 2 is 2.17 bits per heavy atom. The van der Waals surface area contributed by atoms with Crippen molar-refractivity contribution in [1.29, 1.82) is 0 Å². The molecule has 1 saturated heterocycles. The number of hydrogen-bond acceptors (Lipinski definition) is 4. The van der Waals surface area contributed by atoms with E-state index in [1.54, 1.807) is 11.3 Å². The van der Waals surface area contributed by atoms with E-state index in [9.17, 15) is 4.79 Å². The van der Waals surface area contributed by atoms with E-state index in [1.165, 1.54) is 11.1 Å². The summed E-state index contributed by atoms with van der Waals surface area (Å²) in [7, 11) is 0. The molecule has 0 aliphatic carbocycles. The maximum atomic E-state index is 10.8. The number of carboxylic acid groups (broad SMARTS) is 1. The smallest absolute Gasteiger partial charge is 0.303 e. The molecule has 1 unspecified atom stereocenters. The molecule has 0 radical (unpaired) electrons. The summed E-state index contributed by atoms with van der Waals surface area (Å²) in [6.07, 6.45) is 3.37. The lowest BCUT2D eigenvalue weighted by Gasteiger charge is -2.32. The maximum Gasteiger partial charge on any atom is 0.303 e. The number of aliphatic carboxylic acids is 1. The summed E-state index contributed by atoms with van der Waals surface area (Å²) in [5.74, 6) is -0.181. The van der Waals surface area contributed by atoms with Crippen LogP contribution in [0, 0.1) is 12.8 Å². The monoisotopic (exact) mass is 344 g/mol. The molecule has 1 aliphatic rings. The predicted octanol–water partition coefficient (Wildman–Crippen LogP) is 4.20. The summed E-state index contributed by atoms with van der Waals surface area (Å²) in [6.45, 7) is 5.03. The van der Waals surface area contributed by atoms with Gasteiger partial charge in [0.15, 0.2) is 0 Å². The number of benzene rings is 1. The van der Waals surface area contributed by atoms with Gasteiger partial charge in [-0.15, -0.1) is 11.3 Å². The van der Waals surface area contributed by atoms with Gasteiger partial charge in [-0.25, -0.2) is 4.98 Å². The minimum absolute atomic E-state index is 0.285. The number of thiazole rings is 1. The molecule has 24 heavy (non-hydrogen) atoms. The molecule has 0 spiro atoms. The third-order valence-electron chi connectivity index (χ3n) is 4.61. The highest BCUT2D eigenvalue weighted by Gasteiger charge is 2.21. The van der Waals surface area contributed by atoms with Gasteiger partial charge in [0.1, 0.15) is 5.01 Å². The number of aromatic nitrogens is 1. The fourth-order valence-corrected chi connectivity index (χ4v) is 4.11. The highest BCUT2D eigenvalue weighted by molar-refractivity contribution is 7.13. The van der Waals surface area contributed by atoms with E-state index in [1.807, 2.05) is 0 Å². The van der Waals surface area contributed by atoms with Gasteiger partial charge in [0, 0.05) is 30.5 Å². The number of hydrogen-bond donors (Lipinski definition) is 1. The lowest BCUT2D eigenvalue weighted by atomic mass is 9.93. The zero-order valence-electron chi connectivity index (χ0n) is 14.1. The van der Waals surface area contributed by atoms with Gasteiger partial charge >= 0.3 is 5.97 Å². The molecular formula is C19H24N2O2S. The third kappa shape index (κ3) is 4.65. The van der Waals surface area contributed by atoms with Crippen LogP contribution >= 0.6 is 11.3 Å². The van der Waals surface area contributed by atoms with Crippen LogP contribution in [0.4, 0.5) is 0 Å². The van der Waals surface area contributed by atoms with Crippen LogP contribution in [0.25, 0.3) is 10.6 Å². The van der Waals surface area contributed by atoms with Gasteiger partial charge in [0.25, 0.3) is 0 Å². The second-order valence-electron chi connectivity index (χ2n) is 6.69. The first-order chi connectivity index (χ1) is 11.6. The summed E-state index contributed by atoms with van der Waals surface area (Å²) >= 11 is 1.70. The van der Waals surface area contributed by atoms with Gasteiger partial charge < -0.3 is 5.11 Å². The standard InChI is InChI=1S/C19H24N2O2S/c1-14-4-7-16(8-5-14)19-20-17(13-24-19)12-21-10-2-3-15(11-21)6-9-18(22)23/h4-5,7-8,13,15H,2-3,6,9-12H2,1H3,(H,22,23). The van der Waals surface area contributed by atoms with Crippen LogP contribution in [-0.4, -0.2) is 34.0 Å². The van der Waals surface area contributed by atoms with E-state index in [2.05, 4.69) is 41.5 Å². The van der Waals surface area contributed by atoms with Crippen LogP contribution in [0.2, 0.25) is 0 Å². The lowest BCUT2D eigenvalue weighted by Crippen LogP contribution is -2.35. The first kappa shape index (κ1) is 17.1. The van der Waals surface area contributed by atoms with E-state index >= 15 is 0 Å². The van der Waals surface area contributed by atoms with E-state index in [-0.39, 0.29) is 6.42 Å². The van der Waals surface area contributed by atoms with Crippen molar-refractivity contribution >= 4 is 17.3 Å². The van der Waals surface area contributed by atoms with Gasteiger partial charge in [0.2, 0.25) is 0 Å². The van der Waals surface area contributed by atoms with E-state index in [0.717, 1.165) is 49.6 Å². The molecule has 1 atom stereocenters. The van der Waals surface area contributed by atoms with Crippen LogP contribution in [0.3, 0.4) is 0 Å². The van der Waals surface area contributed by atoms with Gasteiger partial charge in [-0.1, -0.05) is 29.8 Å². The van der Waals surface area contributed by atoms with Crippen molar-refractivity contribution in [2.45, 2.75) is 39.2 Å². The van der Waals surface area contributed by atoms with Crippen molar-refractivity contribution in [2.75, 3.05) is 13.1 Å². The second-order valence-corrected chi connectivity index (χ2v) is 7.54. The van der Waals surface area contributed by atoms with Crippen molar-refractivity contribution in [3.05, 3.63) is 40.9 Å². The average molecular weight is 344 g/mol. The van der Waals surface area contributed by atoms with Crippen molar-refractivity contribution < 1.29 is 9.90 Å². The van der Waals surface area contributed by atoms with Crippen LogP contribution in [0.15, 0.2) is 29.6 Å². The summed E-state index contributed by atoms with van der Waals surface area (Å²) in [5, 5.41) is 12.1. The molecule has 1 aromatic heterocycles. The van der Waals surface area contributed by atoms with Crippen LogP contribution in [0.1, 0.15) is 36.9 Å². The average Bonchev–Trinajstić information content (AvgIpc) is 3.02. The summed E-state index contributed by atoms with van der Waals surface area (Å²) in [4.78, 5) is 18.0. The molecule has 0 saturated carbocycles.